The molecule has 0 unspecified atom stereocenters. The fourth-order valence-electron chi connectivity index (χ4n) is 3.07. The van der Waals surface area contributed by atoms with Crippen LogP contribution < -0.4 is 16.0 Å². The second kappa shape index (κ2) is 9.52. The SMILES string of the molecule is CN=C(NCC(C)(C)C(=O)NC)NC1CCN(Cc2ccccn2)CC1. The van der Waals surface area contributed by atoms with E-state index in [1.54, 1.807) is 14.1 Å². The van der Waals surface area contributed by atoms with Crippen molar-refractivity contribution >= 4 is 11.9 Å². The standard InChI is InChI=1S/C19H32N6O/c1-19(2,17(26)20-3)14-23-18(21-4)24-15-8-11-25(12-9-15)13-16-7-5-6-10-22-16/h5-7,10,15H,8-9,11-14H2,1-4H3,(H,20,26)(H2,21,23,24). The first-order valence-corrected chi connectivity index (χ1v) is 9.26. The molecule has 2 rings (SSSR count). The molecule has 1 saturated heterocycles. The van der Waals surface area contributed by atoms with Gasteiger partial charge in [-0.1, -0.05) is 6.07 Å². The van der Waals surface area contributed by atoms with Gasteiger partial charge in [-0.05, 0) is 38.8 Å². The molecule has 3 N–H and O–H groups in total. The number of piperidine rings is 1. The number of hydrogen-bond donors (Lipinski definition) is 3. The van der Waals surface area contributed by atoms with Crippen LogP contribution in [-0.2, 0) is 11.3 Å². The highest BCUT2D eigenvalue weighted by molar-refractivity contribution is 5.84. The summed E-state index contributed by atoms with van der Waals surface area (Å²) in [5.74, 6) is 0.772. The molecule has 0 saturated carbocycles. The highest BCUT2D eigenvalue weighted by Gasteiger charge is 2.27. The molecule has 26 heavy (non-hydrogen) atoms. The van der Waals surface area contributed by atoms with Gasteiger partial charge in [0, 0.05) is 52.5 Å². The third-order valence-electron chi connectivity index (χ3n) is 4.80. The normalized spacial score (nSPS) is 17.0. The van der Waals surface area contributed by atoms with E-state index in [2.05, 4.69) is 36.9 Å². The van der Waals surface area contributed by atoms with Gasteiger partial charge in [-0.2, -0.15) is 0 Å². The molecule has 1 fully saturated rings. The van der Waals surface area contributed by atoms with Crippen LogP contribution in [0.15, 0.2) is 29.4 Å². The summed E-state index contributed by atoms with van der Waals surface area (Å²) in [6.07, 6.45) is 3.97. The number of nitrogens with zero attached hydrogens (tertiary/aromatic N) is 3. The number of aromatic nitrogens is 1. The van der Waals surface area contributed by atoms with Gasteiger partial charge in [0.2, 0.25) is 5.91 Å². The lowest BCUT2D eigenvalue weighted by atomic mass is 9.92. The van der Waals surface area contributed by atoms with Gasteiger partial charge in [-0.15, -0.1) is 0 Å². The van der Waals surface area contributed by atoms with Gasteiger partial charge < -0.3 is 16.0 Å². The Balaban J connectivity index is 1.75. The number of carbonyl (C=O) groups is 1. The average Bonchev–Trinajstić information content (AvgIpc) is 2.66. The third-order valence-corrected chi connectivity index (χ3v) is 4.80. The summed E-state index contributed by atoms with van der Waals surface area (Å²) >= 11 is 0. The Bertz CT molecular complexity index is 593. The Hall–Kier alpha value is -2.15. The maximum Gasteiger partial charge on any atom is 0.227 e. The predicted molar refractivity (Wildman–Crippen MR) is 105 cm³/mol. The van der Waals surface area contributed by atoms with Crippen LogP contribution >= 0.6 is 0 Å². The molecule has 0 aliphatic carbocycles. The molecule has 0 atom stereocenters. The Labute approximate surface area is 156 Å². The van der Waals surface area contributed by atoms with Gasteiger partial charge in [0.1, 0.15) is 0 Å². The van der Waals surface area contributed by atoms with E-state index in [0.29, 0.717) is 12.6 Å². The lowest BCUT2D eigenvalue weighted by Crippen LogP contribution is -2.51. The molecule has 1 aliphatic rings. The summed E-state index contributed by atoms with van der Waals surface area (Å²) in [6, 6.07) is 6.45. The van der Waals surface area contributed by atoms with Gasteiger partial charge in [0.05, 0.1) is 11.1 Å². The van der Waals surface area contributed by atoms with Crippen LogP contribution in [0.25, 0.3) is 0 Å². The molecular weight excluding hydrogens is 328 g/mol. The maximum absolute atomic E-state index is 11.9. The van der Waals surface area contributed by atoms with Crippen LogP contribution in [0.5, 0.6) is 0 Å². The van der Waals surface area contributed by atoms with Gasteiger partial charge >= 0.3 is 0 Å². The van der Waals surface area contributed by atoms with E-state index < -0.39 is 5.41 Å². The highest BCUT2D eigenvalue weighted by Crippen LogP contribution is 2.14. The summed E-state index contributed by atoms with van der Waals surface area (Å²) in [7, 11) is 3.42. The number of hydrogen-bond acceptors (Lipinski definition) is 4. The number of amides is 1. The Morgan fingerprint density at radius 3 is 2.65 bits per heavy atom. The second-order valence-electron chi connectivity index (χ2n) is 7.40. The van der Waals surface area contributed by atoms with Gasteiger partial charge in [0.15, 0.2) is 5.96 Å². The minimum atomic E-state index is -0.488. The summed E-state index contributed by atoms with van der Waals surface area (Å²) in [6.45, 7) is 7.35. The number of pyridine rings is 1. The van der Waals surface area contributed by atoms with E-state index in [-0.39, 0.29) is 5.91 Å². The van der Waals surface area contributed by atoms with Crippen LogP contribution in [0.3, 0.4) is 0 Å². The highest BCUT2D eigenvalue weighted by atomic mass is 16.2. The monoisotopic (exact) mass is 360 g/mol. The lowest BCUT2D eigenvalue weighted by Gasteiger charge is -2.33. The zero-order valence-corrected chi connectivity index (χ0v) is 16.4. The van der Waals surface area contributed by atoms with Gasteiger partial charge in [-0.3, -0.25) is 19.7 Å². The molecule has 144 valence electrons. The molecule has 7 nitrogen and oxygen atoms in total. The number of carbonyl (C=O) groups excluding carboxylic acids is 1. The van der Waals surface area contributed by atoms with Crippen LogP contribution in [-0.4, -0.2) is 61.5 Å². The average molecular weight is 361 g/mol. The van der Waals surface area contributed by atoms with Crippen molar-refractivity contribution in [1.29, 1.82) is 0 Å². The molecular formula is C19H32N6O. The van der Waals surface area contributed by atoms with E-state index in [9.17, 15) is 4.79 Å². The van der Waals surface area contributed by atoms with Crippen molar-refractivity contribution in [3.05, 3.63) is 30.1 Å². The van der Waals surface area contributed by atoms with E-state index in [1.807, 2.05) is 32.2 Å². The first kappa shape index (κ1) is 20.2. The minimum Gasteiger partial charge on any atom is -0.359 e. The molecule has 1 aliphatic heterocycles. The molecule has 2 heterocycles. The molecule has 0 radical (unpaired) electrons. The van der Waals surface area contributed by atoms with Crippen LogP contribution in [0.4, 0.5) is 0 Å². The maximum atomic E-state index is 11.9. The zero-order valence-electron chi connectivity index (χ0n) is 16.4. The Morgan fingerprint density at radius 1 is 1.35 bits per heavy atom. The topological polar surface area (TPSA) is 81.6 Å². The van der Waals surface area contributed by atoms with Crippen molar-refractivity contribution in [1.82, 2.24) is 25.8 Å². The molecule has 0 bridgehead atoms. The predicted octanol–water partition coefficient (Wildman–Crippen LogP) is 0.983. The van der Waals surface area contributed by atoms with Gasteiger partial charge in [-0.25, -0.2) is 0 Å². The quantitative estimate of drug-likeness (QED) is 0.520. The minimum absolute atomic E-state index is 0.0169. The number of likely N-dealkylation sites (tertiary alicyclic amines) is 1. The molecule has 0 aromatic carbocycles. The first-order valence-electron chi connectivity index (χ1n) is 9.26. The lowest BCUT2D eigenvalue weighted by molar-refractivity contribution is -0.128. The summed E-state index contributed by atoms with van der Waals surface area (Å²) < 4.78 is 0. The number of rotatable bonds is 6. The summed E-state index contributed by atoms with van der Waals surface area (Å²) in [5.41, 5.74) is 0.631. The largest absolute Gasteiger partial charge is 0.359 e. The summed E-state index contributed by atoms with van der Waals surface area (Å²) in [5, 5.41) is 9.47. The molecule has 7 heteroatoms. The number of aliphatic imine (C=N–C) groups is 1. The van der Waals surface area contributed by atoms with Crippen molar-refractivity contribution in [2.45, 2.75) is 39.3 Å². The van der Waals surface area contributed by atoms with Crippen molar-refractivity contribution in [3.8, 4) is 0 Å². The fourth-order valence-corrected chi connectivity index (χ4v) is 3.07. The summed E-state index contributed by atoms with van der Waals surface area (Å²) in [4.78, 5) is 23.0. The van der Waals surface area contributed by atoms with E-state index in [0.717, 1.165) is 44.1 Å². The fraction of sp³-hybridized carbons (Fsp3) is 0.632. The Kier molecular flexibility index (Phi) is 7.38. The molecule has 0 spiro atoms. The second-order valence-corrected chi connectivity index (χ2v) is 7.40. The first-order chi connectivity index (χ1) is 12.4. The zero-order chi connectivity index (χ0) is 19.0. The van der Waals surface area contributed by atoms with Crippen molar-refractivity contribution < 1.29 is 4.79 Å². The van der Waals surface area contributed by atoms with Crippen molar-refractivity contribution in [2.75, 3.05) is 33.7 Å². The van der Waals surface area contributed by atoms with E-state index in [4.69, 9.17) is 0 Å². The van der Waals surface area contributed by atoms with Crippen molar-refractivity contribution in [3.63, 3.8) is 0 Å². The van der Waals surface area contributed by atoms with Crippen LogP contribution in [0, 0.1) is 5.41 Å². The Morgan fingerprint density at radius 2 is 2.08 bits per heavy atom. The number of nitrogens with one attached hydrogen (secondary N) is 3. The van der Waals surface area contributed by atoms with E-state index >= 15 is 0 Å². The van der Waals surface area contributed by atoms with Gasteiger partial charge in [0.25, 0.3) is 0 Å². The number of guanidine groups is 1. The van der Waals surface area contributed by atoms with E-state index in [1.165, 1.54) is 0 Å². The molecule has 1 aromatic rings. The molecule has 1 aromatic heterocycles. The van der Waals surface area contributed by atoms with Crippen LogP contribution in [0.2, 0.25) is 0 Å². The molecule has 1 amide bonds. The smallest absolute Gasteiger partial charge is 0.227 e. The third kappa shape index (κ3) is 5.98. The van der Waals surface area contributed by atoms with Crippen LogP contribution in [0.1, 0.15) is 32.4 Å². The van der Waals surface area contributed by atoms with Crippen molar-refractivity contribution in [2.24, 2.45) is 10.4 Å².